The number of carbonyl (C=O) groups is 3. The molecule has 0 saturated carbocycles. The van der Waals surface area contributed by atoms with E-state index in [2.05, 4.69) is 50.3 Å². The quantitative estimate of drug-likeness (QED) is 0.0214. The molecule has 0 radical (unpaired) electrons. The lowest BCUT2D eigenvalue weighted by Gasteiger charge is -2.25. The third kappa shape index (κ3) is 41.5. The third-order valence-electron chi connectivity index (χ3n) is 9.87. The first-order valence-electron chi connectivity index (χ1n) is 23.2. The maximum Gasteiger partial charge on any atom is 0.361 e. The first-order valence-corrected chi connectivity index (χ1v) is 23.2. The number of esters is 2. The zero-order valence-electron chi connectivity index (χ0n) is 37.5. The van der Waals surface area contributed by atoms with Crippen LogP contribution in [0.3, 0.4) is 0 Å². The van der Waals surface area contributed by atoms with Crippen LogP contribution >= 0.6 is 0 Å². The molecular weight excluding hydrogens is 719 g/mol. The van der Waals surface area contributed by atoms with E-state index in [4.69, 9.17) is 18.9 Å². The average Bonchev–Trinajstić information content (AvgIpc) is 3.17. The molecule has 0 saturated heterocycles. The smallest absolute Gasteiger partial charge is 0.361 e. The molecule has 9 nitrogen and oxygen atoms in total. The minimum atomic E-state index is -1.51. The predicted octanol–water partition coefficient (Wildman–Crippen LogP) is 12.2. The maximum absolute atomic E-state index is 12.8. The summed E-state index contributed by atoms with van der Waals surface area (Å²) in [5.41, 5.74) is 0. The van der Waals surface area contributed by atoms with E-state index in [0.717, 1.165) is 70.6 Å². The Hall–Kier alpha value is -2.49. The molecule has 0 rings (SSSR count). The zero-order chi connectivity index (χ0) is 42.1. The van der Waals surface area contributed by atoms with Crippen molar-refractivity contribution < 1.29 is 42.9 Å². The second-order valence-corrected chi connectivity index (χ2v) is 16.7. The van der Waals surface area contributed by atoms with Gasteiger partial charge in [0.15, 0.2) is 6.10 Å². The van der Waals surface area contributed by atoms with Crippen molar-refractivity contribution in [3.05, 3.63) is 36.5 Å². The van der Waals surface area contributed by atoms with Crippen LogP contribution in [-0.4, -0.2) is 87.4 Å². The Labute approximate surface area is 350 Å². The van der Waals surface area contributed by atoms with Crippen LogP contribution in [-0.2, 0) is 33.3 Å². The topological polar surface area (TPSA) is 108 Å². The van der Waals surface area contributed by atoms with Gasteiger partial charge >= 0.3 is 17.9 Å². The molecule has 57 heavy (non-hydrogen) atoms. The summed E-state index contributed by atoms with van der Waals surface area (Å²) in [6.45, 7) is 4.82. The molecule has 0 aromatic carbocycles. The molecule has 0 aromatic rings. The number of carbonyl (C=O) groups excluding carboxylic acids is 2. The molecule has 2 atom stereocenters. The molecule has 0 aromatic heterocycles. The van der Waals surface area contributed by atoms with Crippen molar-refractivity contribution >= 4 is 17.9 Å². The Kier molecular flexibility index (Phi) is 38.5. The third-order valence-corrected chi connectivity index (χ3v) is 9.87. The Morgan fingerprint density at radius 2 is 0.947 bits per heavy atom. The highest BCUT2D eigenvalue weighted by molar-refractivity contribution is 5.71. The van der Waals surface area contributed by atoms with E-state index in [1.807, 2.05) is 21.1 Å². The normalized spacial score (nSPS) is 13.2. The molecule has 0 fully saturated rings. The largest absolute Gasteiger partial charge is 0.477 e. The molecular formula is C48H88NO8+. The molecule has 2 unspecified atom stereocenters. The van der Waals surface area contributed by atoms with Gasteiger partial charge in [-0.2, -0.15) is 0 Å². The van der Waals surface area contributed by atoms with Gasteiger partial charge in [-0.1, -0.05) is 147 Å². The van der Waals surface area contributed by atoms with E-state index < -0.39 is 24.3 Å². The summed E-state index contributed by atoms with van der Waals surface area (Å²) in [7, 11) is 5.95. The molecule has 0 spiro atoms. The van der Waals surface area contributed by atoms with E-state index >= 15 is 0 Å². The maximum atomic E-state index is 12.8. The van der Waals surface area contributed by atoms with E-state index in [-0.39, 0.29) is 32.2 Å². The lowest BCUT2D eigenvalue weighted by molar-refractivity contribution is -0.870. The number of quaternary nitrogens is 1. The standard InChI is InChI=1S/C48H87NO8/c1-6-8-10-12-14-16-18-20-22-23-25-27-29-31-33-35-37-39-46(51)57-44(43-56-48(47(52)53)54-41-40-49(3,4)5)42-55-45(50)38-36-34-32-30-28-26-24-21-19-17-15-13-11-9-7-2/h14,16,20-22,24,44,48H,6-13,15,17-19,23,25-43H2,1-5H3/p+1/b16-14-,22-20-,24-21-. The Balaban J connectivity index is 4.45. The Morgan fingerprint density at radius 3 is 1.44 bits per heavy atom. The van der Waals surface area contributed by atoms with Crippen molar-refractivity contribution in [1.82, 2.24) is 0 Å². The van der Waals surface area contributed by atoms with Crippen molar-refractivity contribution in [2.45, 2.75) is 206 Å². The number of nitrogens with zero attached hydrogens (tertiary/aromatic N) is 1. The summed E-state index contributed by atoms with van der Waals surface area (Å²) in [5.74, 6) is -2.03. The minimum absolute atomic E-state index is 0.185. The molecule has 0 amide bonds. The summed E-state index contributed by atoms with van der Waals surface area (Å²) < 4.78 is 22.7. The second-order valence-electron chi connectivity index (χ2n) is 16.7. The number of rotatable bonds is 42. The van der Waals surface area contributed by atoms with E-state index in [9.17, 15) is 19.5 Å². The van der Waals surface area contributed by atoms with Crippen LogP contribution in [0.5, 0.6) is 0 Å². The number of likely N-dealkylation sites (N-methyl/N-ethyl adjacent to an activating group) is 1. The fraction of sp³-hybridized carbons (Fsp3) is 0.812. The van der Waals surface area contributed by atoms with Gasteiger partial charge in [0.2, 0.25) is 0 Å². The van der Waals surface area contributed by atoms with Crippen LogP contribution in [0, 0.1) is 0 Å². The fourth-order valence-corrected chi connectivity index (χ4v) is 6.21. The Bertz CT molecular complexity index is 1030. The number of unbranched alkanes of at least 4 members (excludes halogenated alkanes) is 21. The number of carboxylic acid groups (broad SMARTS) is 1. The van der Waals surface area contributed by atoms with Gasteiger partial charge in [-0.25, -0.2) is 4.79 Å². The highest BCUT2D eigenvalue weighted by Crippen LogP contribution is 2.14. The summed E-state index contributed by atoms with van der Waals surface area (Å²) in [5, 5.41) is 9.64. The highest BCUT2D eigenvalue weighted by atomic mass is 16.7. The first kappa shape index (κ1) is 54.5. The zero-order valence-corrected chi connectivity index (χ0v) is 37.5. The van der Waals surface area contributed by atoms with Crippen LogP contribution in [0.1, 0.15) is 194 Å². The number of aliphatic carboxylic acids is 1. The lowest BCUT2D eigenvalue weighted by atomic mass is 10.1. The Morgan fingerprint density at radius 1 is 0.526 bits per heavy atom. The second kappa shape index (κ2) is 40.3. The van der Waals surface area contributed by atoms with E-state index in [1.54, 1.807) is 0 Å². The number of hydrogen-bond acceptors (Lipinski definition) is 7. The molecule has 0 aliphatic rings. The van der Waals surface area contributed by atoms with Gasteiger partial charge in [0.1, 0.15) is 13.2 Å². The first-order chi connectivity index (χ1) is 27.6. The predicted molar refractivity (Wildman–Crippen MR) is 235 cm³/mol. The van der Waals surface area contributed by atoms with Gasteiger partial charge in [-0.15, -0.1) is 0 Å². The molecule has 0 aliphatic heterocycles. The van der Waals surface area contributed by atoms with Crippen LogP contribution in [0.4, 0.5) is 0 Å². The van der Waals surface area contributed by atoms with Crippen molar-refractivity contribution in [2.75, 3.05) is 47.5 Å². The van der Waals surface area contributed by atoms with Gasteiger partial charge in [0, 0.05) is 12.8 Å². The van der Waals surface area contributed by atoms with Crippen LogP contribution in [0.15, 0.2) is 36.5 Å². The van der Waals surface area contributed by atoms with Gasteiger partial charge in [0.05, 0.1) is 34.4 Å². The summed E-state index contributed by atoms with van der Waals surface area (Å²) in [6.07, 6.45) is 41.9. The lowest BCUT2D eigenvalue weighted by Crippen LogP contribution is -2.40. The molecule has 9 heteroatoms. The van der Waals surface area contributed by atoms with Gasteiger partial charge in [-0.05, 0) is 70.6 Å². The summed E-state index contributed by atoms with van der Waals surface area (Å²) >= 11 is 0. The molecule has 0 bridgehead atoms. The SMILES string of the molecule is CCCCC/C=C\C/C=C\CCCCCCCCCC(=O)OC(COC(=O)CCCCCCC/C=C\CCCCCCCC)COC(OCC[N+](C)(C)C)C(=O)O. The molecule has 0 heterocycles. The summed E-state index contributed by atoms with van der Waals surface area (Å²) in [6, 6.07) is 0. The van der Waals surface area contributed by atoms with Gasteiger partial charge in [-0.3, -0.25) is 9.59 Å². The highest BCUT2D eigenvalue weighted by Gasteiger charge is 2.25. The average molecular weight is 807 g/mol. The summed E-state index contributed by atoms with van der Waals surface area (Å²) in [4.78, 5) is 37.1. The van der Waals surface area contributed by atoms with Crippen LogP contribution in [0.2, 0.25) is 0 Å². The molecule has 1 N–H and O–H groups in total. The van der Waals surface area contributed by atoms with Crippen molar-refractivity contribution in [3.8, 4) is 0 Å². The van der Waals surface area contributed by atoms with Crippen molar-refractivity contribution in [3.63, 3.8) is 0 Å². The van der Waals surface area contributed by atoms with Crippen LogP contribution < -0.4 is 0 Å². The van der Waals surface area contributed by atoms with Crippen molar-refractivity contribution in [1.29, 1.82) is 0 Å². The van der Waals surface area contributed by atoms with Gasteiger partial charge in [0.25, 0.3) is 6.29 Å². The number of ether oxygens (including phenoxy) is 4. The number of carboxylic acids is 1. The van der Waals surface area contributed by atoms with Crippen molar-refractivity contribution in [2.24, 2.45) is 0 Å². The van der Waals surface area contributed by atoms with Gasteiger partial charge < -0.3 is 28.5 Å². The number of hydrogen-bond donors (Lipinski definition) is 1. The van der Waals surface area contributed by atoms with E-state index in [0.29, 0.717) is 23.9 Å². The van der Waals surface area contributed by atoms with Crippen LogP contribution in [0.25, 0.3) is 0 Å². The van der Waals surface area contributed by atoms with E-state index in [1.165, 1.54) is 89.9 Å². The monoisotopic (exact) mass is 807 g/mol. The molecule has 332 valence electrons. The minimum Gasteiger partial charge on any atom is -0.477 e. The number of allylic oxidation sites excluding steroid dienone is 6. The molecule has 0 aliphatic carbocycles. The fourth-order valence-electron chi connectivity index (χ4n) is 6.21.